The summed E-state index contributed by atoms with van der Waals surface area (Å²) in [6.07, 6.45) is 2.61. The van der Waals surface area contributed by atoms with Crippen molar-refractivity contribution in [2.75, 3.05) is 11.9 Å². The summed E-state index contributed by atoms with van der Waals surface area (Å²) < 4.78 is 2.80. The van der Waals surface area contributed by atoms with E-state index < -0.39 is 4.92 Å². The lowest BCUT2D eigenvalue weighted by atomic mass is 10.2. The predicted octanol–water partition coefficient (Wildman–Crippen LogP) is 1.25. The van der Waals surface area contributed by atoms with Gasteiger partial charge in [0.15, 0.2) is 0 Å². The van der Waals surface area contributed by atoms with Crippen molar-refractivity contribution in [1.29, 1.82) is 0 Å². The van der Waals surface area contributed by atoms with Crippen LogP contribution in [0.5, 0.6) is 0 Å². The van der Waals surface area contributed by atoms with E-state index in [0.717, 1.165) is 6.20 Å². The summed E-state index contributed by atoms with van der Waals surface area (Å²) >= 11 is 0. The fourth-order valence-electron chi connectivity index (χ4n) is 2.44. The molecule has 0 aromatic carbocycles. The normalized spacial score (nSPS) is 10.9. The number of aryl methyl sites for hydroxylation is 2. The number of carbonyl (C=O) groups is 2. The molecular formula is C16H23N7O4. The second kappa shape index (κ2) is 8.43. The summed E-state index contributed by atoms with van der Waals surface area (Å²) in [5, 5.41) is 24.2. The first kappa shape index (κ1) is 20.1. The Morgan fingerprint density at radius 3 is 2.59 bits per heavy atom. The van der Waals surface area contributed by atoms with E-state index in [2.05, 4.69) is 20.8 Å². The van der Waals surface area contributed by atoms with Crippen molar-refractivity contribution in [1.82, 2.24) is 24.9 Å². The maximum absolute atomic E-state index is 12.3. The zero-order chi connectivity index (χ0) is 20.1. The monoisotopic (exact) mass is 377 g/mol. The first-order chi connectivity index (χ1) is 12.7. The van der Waals surface area contributed by atoms with Crippen LogP contribution in [0.15, 0.2) is 12.4 Å². The molecule has 27 heavy (non-hydrogen) atoms. The average molecular weight is 377 g/mol. The van der Waals surface area contributed by atoms with Gasteiger partial charge in [-0.2, -0.15) is 10.2 Å². The molecule has 0 saturated carbocycles. The molecule has 0 bridgehead atoms. The van der Waals surface area contributed by atoms with Gasteiger partial charge in [-0.25, -0.2) is 0 Å². The molecule has 2 amide bonds. The molecule has 2 N–H and O–H groups in total. The van der Waals surface area contributed by atoms with Gasteiger partial charge in [-0.15, -0.1) is 0 Å². The number of carbonyl (C=O) groups excluding carboxylic acids is 2. The van der Waals surface area contributed by atoms with Crippen LogP contribution in [0.2, 0.25) is 0 Å². The molecule has 0 radical (unpaired) electrons. The highest BCUT2D eigenvalue weighted by Crippen LogP contribution is 2.17. The largest absolute Gasteiger partial charge is 0.350 e. The molecule has 0 atom stereocenters. The number of amides is 2. The van der Waals surface area contributed by atoms with Crippen molar-refractivity contribution in [2.24, 2.45) is 13.0 Å². The first-order valence-electron chi connectivity index (χ1n) is 8.47. The van der Waals surface area contributed by atoms with Crippen molar-refractivity contribution < 1.29 is 14.5 Å². The molecule has 2 heterocycles. The Morgan fingerprint density at radius 1 is 1.30 bits per heavy atom. The Balaban J connectivity index is 2.00. The third kappa shape index (κ3) is 4.90. The van der Waals surface area contributed by atoms with Gasteiger partial charge < -0.3 is 10.6 Å². The third-order valence-corrected chi connectivity index (χ3v) is 3.92. The van der Waals surface area contributed by atoms with Crippen LogP contribution in [0.25, 0.3) is 0 Å². The van der Waals surface area contributed by atoms with Crippen molar-refractivity contribution in [3.05, 3.63) is 33.9 Å². The average Bonchev–Trinajstić information content (AvgIpc) is 3.13. The smallest absolute Gasteiger partial charge is 0.309 e. The Labute approximate surface area is 155 Å². The van der Waals surface area contributed by atoms with Crippen LogP contribution in [0, 0.1) is 23.0 Å². The van der Waals surface area contributed by atoms with Crippen molar-refractivity contribution in [2.45, 2.75) is 33.7 Å². The van der Waals surface area contributed by atoms with E-state index in [1.807, 2.05) is 13.8 Å². The Morgan fingerprint density at radius 2 is 2.00 bits per heavy atom. The molecular weight excluding hydrogens is 354 g/mol. The van der Waals surface area contributed by atoms with E-state index in [-0.39, 0.29) is 36.2 Å². The van der Waals surface area contributed by atoms with Crippen molar-refractivity contribution in [3.8, 4) is 0 Å². The lowest BCUT2D eigenvalue weighted by molar-refractivity contribution is -0.385. The van der Waals surface area contributed by atoms with Gasteiger partial charge in [0.1, 0.15) is 17.6 Å². The molecule has 146 valence electrons. The number of nitrogens with one attached hydrogen (secondary N) is 2. The molecule has 0 aliphatic carbocycles. The summed E-state index contributed by atoms with van der Waals surface area (Å²) in [6.45, 7) is 6.22. The van der Waals surface area contributed by atoms with Crippen LogP contribution in [-0.4, -0.2) is 42.8 Å². The van der Waals surface area contributed by atoms with Gasteiger partial charge in [-0.3, -0.25) is 29.1 Å². The van der Waals surface area contributed by atoms with Crippen LogP contribution in [0.3, 0.4) is 0 Å². The predicted molar refractivity (Wildman–Crippen MR) is 97.2 cm³/mol. The lowest BCUT2D eigenvalue weighted by Gasteiger charge is -2.10. The maximum atomic E-state index is 12.3. The summed E-state index contributed by atoms with van der Waals surface area (Å²) in [4.78, 5) is 34.9. The second-order valence-corrected chi connectivity index (χ2v) is 6.53. The van der Waals surface area contributed by atoms with Gasteiger partial charge in [0, 0.05) is 20.0 Å². The molecule has 0 fully saturated rings. The number of anilines is 1. The number of hydrogen-bond acceptors (Lipinski definition) is 6. The van der Waals surface area contributed by atoms with E-state index in [0.29, 0.717) is 23.8 Å². The van der Waals surface area contributed by atoms with Crippen LogP contribution in [0.1, 0.15) is 36.5 Å². The molecule has 0 aliphatic heterocycles. The van der Waals surface area contributed by atoms with Gasteiger partial charge >= 0.3 is 5.69 Å². The van der Waals surface area contributed by atoms with Crippen LogP contribution in [0.4, 0.5) is 11.4 Å². The van der Waals surface area contributed by atoms with Gasteiger partial charge in [0.2, 0.25) is 5.91 Å². The summed E-state index contributed by atoms with van der Waals surface area (Å²) in [5.74, 6) is -0.377. The molecule has 11 heteroatoms. The van der Waals surface area contributed by atoms with Crippen LogP contribution >= 0.6 is 0 Å². The van der Waals surface area contributed by atoms with Crippen molar-refractivity contribution >= 4 is 23.2 Å². The van der Waals surface area contributed by atoms with Gasteiger partial charge in [-0.05, 0) is 12.8 Å². The number of nitrogens with zero attached hydrogens (tertiary/aromatic N) is 5. The molecule has 11 nitrogen and oxygen atoms in total. The number of nitro groups is 1. The number of hydrogen-bond donors (Lipinski definition) is 2. The van der Waals surface area contributed by atoms with Gasteiger partial charge in [0.05, 0.1) is 23.4 Å². The van der Waals surface area contributed by atoms with Crippen LogP contribution in [-0.2, 0) is 18.4 Å². The topological polar surface area (TPSA) is 137 Å². The van der Waals surface area contributed by atoms with E-state index in [4.69, 9.17) is 0 Å². The standard InChI is InChI=1S/C16H23N7O4/c1-10(2)7-17-16(25)15-12(8-18-21(15)4)20-14(24)5-6-22-11(3)13(9-19-22)23(26)27/h8-10H,5-7H2,1-4H3,(H,17,25)(H,20,24). The molecule has 0 saturated heterocycles. The Bertz CT molecular complexity index is 853. The minimum atomic E-state index is -0.517. The van der Waals surface area contributed by atoms with Gasteiger partial charge in [0.25, 0.3) is 5.91 Å². The quantitative estimate of drug-likeness (QED) is 0.524. The zero-order valence-corrected chi connectivity index (χ0v) is 15.7. The number of aromatic nitrogens is 4. The minimum absolute atomic E-state index is 0.0433. The lowest BCUT2D eigenvalue weighted by Crippen LogP contribution is -2.30. The molecule has 0 spiro atoms. The van der Waals surface area contributed by atoms with E-state index in [1.165, 1.54) is 15.6 Å². The summed E-state index contributed by atoms with van der Waals surface area (Å²) in [5.41, 5.74) is 0.858. The molecule has 0 aliphatic rings. The Kier molecular flexibility index (Phi) is 6.27. The molecule has 0 unspecified atom stereocenters. The summed E-state index contributed by atoms with van der Waals surface area (Å²) in [6, 6.07) is 0. The minimum Gasteiger partial charge on any atom is -0.350 e. The first-order valence-corrected chi connectivity index (χ1v) is 8.47. The highest BCUT2D eigenvalue weighted by atomic mass is 16.6. The molecule has 2 rings (SSSR count). The SMILES string of the molecule is Cc1c([N+](=O)[O-])cnn1CCC(=O)Nc1cnn(C)c1C(=O)NCC(C)C. The van der Waals surface area contributed by atoms with Gasteiger partial charge in [-0.1, -0.05) is 13.8 Å². The molecule has 2 aromatic rings. The van der Waals surface area contributed by atoms with Crippen LogP contribution < -0.4 is 10.6 Å². The second-order valence-electron chi connectivity index (χ2n) is 6.53. The zero-order valence-electron chi connectivity index (χ0n) is 15.7. The highest BCUT2D eigenvalue weighted by Gasteiger charge is 2.20. The fraction of sp³-hybridized carbons (Fsp3) is 0.500. The molecule has 2 aromatic heterocycles. The van der Waals surface area contributed by atoms with Crippen molar-refractivity contribution in [3.63, 3.8) is 0 Å². The third-order valence-electron chi connectivity index (χ3n) is 3.92. The van der Waals surface area contributed by atoms with E-state index in [9.17, 15) is 19.7 Å². The number of rotatable bonds is 8. The maximum Gasteiger partial charge on any atom is 0.309 e. The fourth-order valence-corrected chi connectivity index (χ4v) is 2.44. The highest BCUT2D eigenvalue weighted by molar-refractivity contribution is 6.02. The summed E-state index contributed by atoms with van der Waals surface area (Å²) in [7, 11) is 1.62. The van der Waals surface area contributed by atoms with E-state index in [1.54, 1.807) is 14.0 Å². The Hall–Kier alpha value is -3.24. The van der Waals surface area contributed by atoms with E-state index >= 15 is 0 Å².